The van der Waals surface area contributed by atoms with Crippen LogP contribution in [0, 0.1) is 13.8 Å². The van der Waals surface area contributed by atoms with Crippen molar-refractivity contribution in [1.82, 2.24) is 5.32 Å². The van der Waals surface area contributed by atoms with E-state index in [0.29, 0.717) is 0 Å². The summed E-state index contributed by atoms with van der Waals surface area (Å²) in [6.45, 7) is 8.21. The Morgan fingerprint density at radius 2 is 1.90 bits per heavy atom. The minimum atomic E-state index is 0.856. The number of hydrogen-bond donors (Lipinski definition) is 1. The van der Waals surface area contributed by atoms with Gasteiger partial charge >= 0.3 is 0 Å². The maximum Gasteiger partial charge on any atom is 0.130 e. The molecule has 0 bridgehead atoms. The Morgan fingerprint density at radius 1 is 1.10 bits per heavy atom. The van der Waals surface area contributed by atoms with E-state index in [1.54, 1.807) is 0 Å². The number of benzene rings is 2. The molecular weight excluding hydrogens is 326 g/mol. The van der Waals surface area contributed by atoms with Crippen LogP contribution in [-0.2, 0) is 6.54 Å². The van der Waals surface area contributed by atoms with E-state index in [1.165, 1.54) is 11.1 Å². The first-order valence-corrected chi connectivity index (χ1v) is 8.13. The van der Waals surface area contributed by atoms with Crippen LogP contribution in [0.15, 0.2) is 40.9 Å². The monoisotopic (exact) mass is 347 g/mol. The molecule has 112 valence electrons. The van der Waals surface area contributed by atoms with Gasteiger partial charge in [0, 0.05) is 11.0 Å². The van der Waals surface area contributed by atoms with E-state index in [4.69, 9.17) is 4.74 Å². The number of ether oxygens (including phenoxy) is 1. The van der Waals surface area contributed by atoms with Gasteiger partial charge in [-0.2, -0.15) is 0 Å². The zero-order valence-corrected chi connectivity index (χ0v) is 14.5. The molecule has 0 aliphatic carbocycles. The molecule has 0 heterocycles. The zero-order valence-electron chi connectivity index (χ0n) is 12.9. The van der Waals surface area contributed by atoms with E-state index in [-0.39, 0.29) is 0 Å². The van der Waals surface area contributed by atoms with Crippen LogP contribution >= 0.6 is 15.9 Å². The fourth-order valence-electron chi connectivity index (χ4n) is 2.08. The van der Waals surface area contributed by atoms with Gasteiger partial charge in [0.05, 0.1) is 0 Å². The second-order valence-corrected chi connectivity index (χ2v) is 6.16. The quantitative estimate of drug-likeness (QED) is 0.710. The molecule has 0 fully saturated rings. The van der Waals surface area contributed by atoms with E-state index in [0.717, 1.165) is 41.0 Å². The van der Waals surface area contributed by atoms with Gasteiger partial charge in [-0.1, -0.05) is 41.1 Å². The molecule has 0 atom stereocenters. The van der Waals surface area contributed by atoms with Crippen LogP contribution in [0.25, 0.3) is 0 Å². The maximum atomic E-state index is 6.00. The predicted octanol–water partition coefficient (Wildman–Crippen LogP) is 5.36. The van der Waals surface area contributed by atoms with Gasteiger partial charge in [-0.15, -0.1) is 0 Å². The number of nitrogens with one attached hydrogen (secondary N) is 1. The lowest BCUT2D eigenvalue weighted by Crippen LogP contribution is -2.14. The van der Waals surface area contributed by atoms with Gasteiger partial charge in [0.15, 0.2) is 0 Å². The number of aryl methyl sites for hydroxylation is 2. The molecule has 1 N–H and O–H groups in total. The molecule has 0 saturated heterocycles. The smallest absolute Gasteiger partial charge is 0.130 e. The van der Waals surface area contributed by atoms with Gasteiger partial charge < -0.3 is 10.1 Å². The zero-order chi connectivity index (χ0) is 15.2. The van der Waals surface area contributed by atoms with Gasteiger partial charge in [0.1, 0.15) is 11.5 Å². The highest BCUT2D eigenvalue weighted by Gasteiger charge is 2.05. The molecule has 0 radical (unpaired) electrons. The first-order chi connectivity index (χ1) is 10.1. The molecule has 21 heavy (non-hydrogen) atoms. The van der Waals surface area contributed by atoms with Crippen molar-refractivity contribution in [1.29, 1.82) is 0 Å². The Labute approximate surface area is 135 Å². The lowest BCUT2D eigenvalue weighted by molar-refractivity contribution is 0.477. The fourth-order valence-corrected chi connectivity index (χ4v) is 2.58. The molecule has 3 heteroatoms. The third kappa shape index (κ3) is 4.58. The van der Waals surface area contributed by atoms with Crippen molar-refractivity contribution in [3.63, 3.8) is 0 Å². The van der Waals surface area contributed by atoms with Crippen LogP contribution in [-0.4, -0.2) is 6.54 Å². The maximum absolute atomic E-state index is 6.00. The van der Waals surface area contributed by atoms with Crippen molar-refractivity contribution in [2.45, 2.75) is 33.7 Å². The SMILES string of the molecule is CCCNCc1ccc(Oc2cc(C)ccc2C)cc1Br. The van der Waals surface area contributed by atoms with Crippen LogP contribution in [0.1, 0.15) is 30.0 Å². The van der Waals surface area contributed by atoms with Crippen molar-refractivity contribution in [2.75, 3.05) is 6.54 Å². The van der Waals surface area contributed by atoms with Crippen LogP contribution in [0.4, 0.5) is 0 Å². The Bertz CT molecular complexity index is 610. The van der Waals surface area contributed by atoms with Crippen molar-refractivity contribution in [3.8, 4) is 11.5 Å². The number of rotatable bonds is 6. The summed E-state index contributed by atoms with van der Waals surface area (Å²) in [5, 5.41) is 3.41. The van der Waals surface area contributed by atoms with E-state index in [1.807, 2.05) is 12.1 Å². The van der Waals surface area contributed by atoms with E-state index < -0.39 is 0 Å². The van der Waals surface area contributed by atoms with Gasteiger partial charge in [0.25, 0.3) is 0 Å². The highest BCUT2D eigenvalue weighted by Crippen LogP contribution is 2.29. The second kappa shape index (κ2) is 7.62. The van der Waals surface area contributed by atoms with Crippen LogP contribution in [0.2, 0.25) is 0 Å². The van der Waals surface area contributed by atoms with Gasteiger partial charge in [0.2, 0.25) is 0 Å². The largest absolute Gasteiger partial charge is 0.457 e. The molecule has 2 aromatic carbocycles. The summed E-state index contributed by atoms with van der Waals surface area (Å²) in [5.74, 6) is 1.77. The summed E-state index contributed by atoms with van der Waals surface area (Å²) in [4.78, 5) is 0. The summed E-state index contributed by atoms with van der Waals surface area (Å²) in [6.07, 6.45) is 1.14. The number of hydrogen-bond acceptors (Lipinski definition) is 2. The third-order valence-electron chi connectivity index (χ3n) is 3.34. The second-order valence-electron chi connectivity index (χ2n) is 5.30. The summed E-state index contributed by atoms with van der Waals surface area (Å²) in [6, 6.07) is 12.4. The molecule has 0 saturated carbocycles. The lowest BCUT2D eigenvalue weighted by Gasteiger charge is -2.12. The Hall–Kier alpha value is -1.32. The van der Waals surface area contributed by atoms with Gasteiger partial charge in [-0.3, -0.25) is 0 Å². The summed E-state index contributed by atoms with van der Waals surface area (Å²) >= 11 is 3.63. The van der Waals surface area contributed by atoms with Crippen LogP contribution < -0.4 is 10.1 Å². The first-order valence-electron chi connectivity index (χ1n) is 7.34. The molecular formula is C18H22BrNO. The Morgan fingerprint density at radius 3 is 2.62 bits per heavy atom. The fraction of sp³-hybridized carbons (Fsp3) is 0.333. The molecule has 0 unspecified atom stereocenters. The predicted molar refractivity (Wildman–Crippen MR) is 92.1 cm³/mol. The van der Waals surface area contributed by atoms with Crippen LogP contribution in [0.3, 0.4) is 0 Å². The molecule has 2 aromatic rings. The summed E-state index contributed by atoms with van der Waals surface area (Å²) < 4.78 is 7.08. The van der Waals surface area contributed by atoms with E-state index in [9.17, 15) is 0 Å². The highest BCUT2D eigenvalue weighted by atomic mass is 79.9. The molecule has 0 aliphatic rings. The molecule has 0 aliphatic heterocycles. The highest BCUT2D eigenvalue weighted by molar-refractivity contribution is 9.10. The average Bonchev–Trinajstić information content (AvgIpc) is 2.45. The molecule has 2 nitrogen and oxygen atoms in total. The average molecular weight is 348 g/mol. The Kier molecular flexibility index (Phi) is 5.83. The molecule has 0 aromatic heterocycles. The molecule has 0 spiro atoms. The van der Waals surface area contributed by atoms with Gasteiger partial charge in [-0.25, -0.2) is 0 Å². The van der Waals surface area contributed by atoms with E-state index in [2.05, 4.69) is 66.3 Å². The van der Waals surface area contributed by atoms with Gasteiger partial charge in [-0.05, 0) is 61.7 Å². The van der Waals surface area contributed by atoms with Crippen molar-refractivity contribution in [2.24, 2.45) is 0 Å². The number of halogens is 1. The minimum Gasteiger partial charge on any atom is -0.457 e. The lowest BCUT2D eigenvalue weighted by atomic mass is 10.1. The minimum absolute atomic E-state index is 0.856. The van der Waals surface area contributed by atoms with E-state index >= 15 is 0 Å². The van der Waals surface area contributed by atoms with Crippen molar-refractivity contribution in [3.05, 3.63) is 57.6 Å². The normalized spacial score (nSPS) is 10.7. The van der Waals surface area contributed by atoms with Crippen molar-refractivity contribution >= 4 is 15.9 Å². The molecule has 2 rings (SSSR count). The topological polar surface area (TPSA) is 21.3 Å². The molecule has 0 amide bonds. The summed E-state index contributed by atoms with van der Waals surface area (Å²) in [5.41, 5.74) is 3.59. The standard InChI is InChI=1S/C18H22BrNO/c1-4-9-20-12-15-7-8-16(11-17(15)19)21-18-10-13(2)5-6-14(18)3/h5-8,10-11,20H,4,9,12H2,1-3H3. The van der Waals surface area contributed by atoms with Crippen LogP contribution in [0.5, 0.6) is 11.5 Å². The summed E-state index contributed by atoms with van der Waals surface area (Å²) in [7, 11) is 0. The first kappa shape index (κ1) is 16.1. The van der Waals surface area contributed by atoms with Crippen molar-refractivity contribution < 1.29 is 4.74 Å². The third-order valence-corrected chi connectivity index (χ3v) is 4.08. The Balaban J connectivity index is 2.11.